The second-order valence-electron chi connectivity index (χ2n) is 6.76. The summed E-state index contributed by atoms with van der Waals surface area (Å²) in [5.74, 6) is -0.495. The van der Waals surface area contributed by atoms with E-state index < -0.39 is 11.6 Å². The maximum absolute atomic E-state index is 13.5. The van der Waals surface area contributed by atoms with Crippen LogP contribution in [0.1, 0.15) is 27.7 Å². The van der Waals surface area contributed by atoms with Crippen molar-refractivity contribution in [2.24, 2.45) is 5.92 Å². The summed E-state index contributed by atoms with van der Waals surface area (Å²) < 4.78 is 26.8. The first-order valence-corrected chi connectivity index (χ1v) is 13.2. The quantitative estimate of drug-likeness (QED) is 0.238. The van der Waals surface area contributed by atoms with Crippen LogP contribution in [0.5, 0.6) is 0 Å². The maximum atomic E-state index is 13.5. The third kappa shape index (κ3) is 6.49. The Kier molecular flexibility index (Phi) is 12.4. The van der Waals surface area contributed by atoms with Crippen molar-refractivity contribution in [3.63, 3.8) is 0 Å². The number of halogens is 2. The van der Waals surface area contributed by atoms with E-state index in [-0.39, 0.29) is 14.9 Å². The van der Waals surface area contributed by atoms with E-state index >= 15 is 0 Å². The zero-order valence-electron chi connectivity index (χ0n) is 18.5. The standard InChI is InChI=1S/C15H9F2.C9H13.2CH3.Si.Zr/c16-11-8-14-12(10-4-2-1-3-5-10)6-7-13(14)15(17)9-11;1-6-5-7(2)9(4)8(6)3;;;;/h1-9H;6H,1-4H3;2*1H3;;/q4*-1;;. The first kappa shape index (κ1) is 28.5. The van der Waals surface area contributed by atoms with Gasteiger partial charge in [-0.25, -0.2) is 9.96 Å². The Morgan fingerprint density at radius 3 is 2.07 bits per heavy atom. The zero-order chi connectivity index (χ0) is 20.8. The number of hydrogen-bond donors (Lipinski definition) is 0. The Labute approximate surface area is 197 Å². The molecule has 4 heteroatoms. The third-order valence-corrected chi connectivity index (χ3v) is 5.12. The first-order valence-electron chi connectivity index (χ1n) is 9.01. The molecular formula is C26H28F2SiZr-4. The molecule has 0 N–H and O–H groups in total. The van der Waals surface area contributed by atoms with Crippen LogP contribution in [0.2, 0.25) is 0 Å². The van der Waals surface area contributed by atoms with Gasteiger partial charge >= 0.3 is 30.2 Å². The third-order valence-electron chi connectivity index (χ3n) is 5.12. The number of hydrogen-bond acceptors (Lipinski definition) is 0. The summed E-state index contributed by atoms with van der Waals surface area (Å²) >= 11 is 1.36. The van der Waals surface area contributed by atoms with E-state index in [9.17, 15) is 8.78 Å². The van der Waals surface area contributed by atoms with Crippen molar-refractivity contribution in [3.8, 4) is 11.1 Å². The van der Waals surface area contributed by atoms with Crippen LogP contribution in [0.15, 0.2) is 71.3 Å². The van der Waals surface area contributed by atoms with Gasteiger partial charge in [-0.1, -0.05) is 68.7 Å². The molecule has 0 bridgehead atoms. The molecule has 0 saturated heterocycles. The van der Waals surface area contributed by atoms with Crippen molar-refractivity contribution in [3.05, 3.63) is 104 Å². The van der Waals surface area contributed by atoms with Crippen LogP contribution in [0, 0.1) is 38.5 Å². The molecule has 1 atom stereocenters. The van der Waals surface area contributed by atoms with Crippen molar-refractivity contribution < 1.29 is 32.1 Å². The summed E-state index contributed by atoms with van der Waals surface area (Å²) in [6.07, 6.45) is 3.36. The van der Waals surface area contributed by atoms with E-state index in [0.717, 1.165) is 17.2 Å². The molecule has 0 aliphatic heterocycles. The van der Waals surface area contributed by atoms with Gasteiger partial charge in [0.05, 0.1) is 0 Å². The molecule has 0 amide bonds. The van der Waals surface area contributed by atoms with Crippen molar-refractivity contribution in [1.82, 2.24) is 0 Å². The van der Waals surface area contributed by atoms with E-state index in [2.05, 4.69) is 40.7 Å². The minimum absolute atomic E-state index is 0. The van der Waals surface area contributed by atoms with E-state index in [0.29, 0.717) is 16.7 Å². The molecule has 0 fully saturated rings. The van der Waals surface area contributed by atoms with Crippen molar-refractivity contribution in [2.45, 2.75) is 27.7 Å². The van der Waals surface area contributed by atoms with Gasteiger partial charge in [-0.15, -0.1) is 35.4 Å². The molecule has 0 saturated carbocycles. The molecule has 1 unspecified atom stereocenters. The normalized spacial score (nSPS) is 14.4. The molecule has 158 valence electrons. The number of allylic oxidation sites excluding steroid dienone is 4. The Hall–Kier alpha value is -1.51. The monoisotopic (exact) mass is 496 g/mol. The molecule has 1 aliphatic rings. The van der Waals surface area contributed by atoms with Crippen LogP contribution < -0.4 is 0 Å². The molecule has 1 aliphatic carbocycles. The molecule has 3 aromatic rings. The molecule has 30 heavy (non-hydrogen) atoms. The first-order chi connectivity index (χ1) is 13.4. The second kappa shape index (κ2) is 13.0. The molecule has 0 nitrogen and oxygen atoms in total. The molecule has 3 aromatic carbocycles. The van der Waals surface area contributed by atoms with Crippen LogP contribution in [-0.4, -0.2) is 6.88 Å². The molecule has 0 spiro atoms. The fraction of sp³-hybridized carbons (Fsp3) is 0.192. The Morgan fingerprint density at radius 2 is 1.60 bits per heavy atom. The van der Waals surface area contributed by atoms with E-state index in [1.165, 1.54) is 46.1 Å². The van der Waals surface area contributed by atoms with Gasteiger partial charge in [0.2, 0.25) is 0 Å². The molecule has 0 heterocycles. The average molecular weight is 498 g/mol. The summed E-state index contributed by atoms with van der Waals surface area (Å²) in [6, 6.07) is 15.4. The molecular weight excluding hydrogens is 470 g/mol. The van der Waals surface area contributed by atoms with Gasteiger partial charge in [-0.05, 0) is 6.07 Å². The van der Waals surface area contributed by atoms with E-state index in [4.69, 9.17) is 0 Å². The van der Waals surface area contributed by atoms with Crippen LogP contribution in [0.3, 0.4) is 0 Å². The topological polar surface area (TPSA) is 0 Å². The van der Waals surface area contributed by atoms with Gasteiger partial charge < -0.3 is 14.9 Å². The van der Waals surface area contributed by atoms with Crippen molar-refractivity contribution >= 4 is 17.7 Å². The van der Waals surface area contributed by atoms with E-state index in [1.54, 1.807) is 6.07 Å². The van der Waals surface area contributed by atoms with Gasteiger partial charge in [0.25, 0.3) is 0 Å². The van der Waals surface area contributed by atoms with Gasteiger partial charge in [-0.3, -0.25) is 10.5 Å². The van der Waals surface area contributed by atoms with Gasteiger partial charge in [0.15, 0.2) is 0 Å². The Bertz CT molecular complexity index is 1020. The summed E-state index contributed by atoms with van der Waals surface area (Å²) in [5.41, 5.74) is 6.07. The molecule has 2 radical (unpaired) electrons. The fourth-order valence-electron chi connectivity index (χ4n) is 3.26. The summed E-state index contributed by atoms with van der Waals surface area (Å²) in [5, 5.41) is 1.08. The fourth-order valence-corrected chi connectivity index (χ4v) is 3.26. The summed E-state index contributed by atoms with van der Waals surface area (Å²) in [6.45, 7) is 11.7. The van der Waals surface area contributed by atoms with Gasteiger partial charge in [0, 0.05) is 5.82 Å². The SMILES string of the molecule is CC1=[C-]C(C)C(C)=C1C.Fc1cc(F)c2[cH-]cc(-c3ccccc3)c2c1.[CH3-].[CH3-].[Si]=[Zr]. The van der Waals surface area contributed by atoms with Crippen LogP contribution >= 0.6 is 0 Å². The van der Waals surface area contributed by atoms with Crippen molar-refractivity contribution in [2.75, 3.05) is 0 Å². The number of fused-ring (bicyclic) bond motifs is 1. The number of benzene rings is 2. The van der Waals surface area contributed by atoms with Crippen LogP contribution in [0.25, 0.3) is 21.9 Å². The van der Waals surface area contributed by atoms with Crippen molar-refractivity contribution in [1.29, 1.82) is 0 Å². The molecule has 0 aromatic heterocycles. The zero-order valence-corrected chi connectivity index (χ0v) is 22.0. The summed E-state index contributed by atoms with van der Waals surface area (Å²) in [4.78, 5) is 0. The Balaban J connectivity index is 0.000000558. The van der Waals surface area contributed by atoms with Gasteiger partial charge in [0.1, 0.15) is 5.82 Å². The Morgan fingerprint density at radius 1 is 1.00 bits per heavy atom. The van der Waals surface area contributed by atoms with Crippen LogP contribution in [0.4, 0.5) is 8.78 Å². The van der Waals surface area contributed by atoms with E-state index in [1.807, 2.05) is 36.4 Å². The predicted octanol–water partition coefficient (Wildman–Crippen LogP) is 7.74. The second-order valence-corrected chi connectivity index (χ2v) is 6.76. The predicted molar refractivity (Wildman–Crippen MR) is 123 cm³/mol. The molecule has 4 rings (SSSR count). The van der Waals surface area contributed by atoms with Crippen LogP contribution in [-0.2, 0) is 23.3 Å². The number of rotatable bonds is 1. The minimum atomic E-state index is -0.543. The average Bonchev–Trinajstić information content (AvgIpc) is 3.22. The van der Waals surface area contributed by atoms with Gasteiger partial charge in [-0.2, -0.15) is 11.1 Å². The summed E-state index contributed by atoms with van der Waals surface area (Å²) in [7, 11) is 0.